The molecular formula is C26H20F4N4O2. The van der Waals surface area contributed by atoms with Crippen molar-refractivity contribution in [1.29, 1.82) is 0 Å². The molecule has 1 atom stereocenters. The average molecular weight is 496 g/mol. The minimum Gasteiger partial charge on any atom is -0.491 e. The molecule has 0 fully saturated rings. The zero-order valence-electron chi connectivity index (χ0n) is 19.0. The highest BCUT2D eigenvalue weighted by Crippen LogP contribution is 2.41. The van der Waals surface area contributed by atoms with E-state index in [9.17, 15) is 22.4 Å². The van der Waals surface area contributed by atoms with E-state index < -0.39 is 29.5 Å². The number of halogens is 4. The summed E-state index contributed by atoms with van der Waals surface area (Å²) in [5, 5.41) is 0.689. The number of aromatic nitrogens is 2. The number of benzene rings is 2. The molecule has 184 valence electrons. The van der Waals surface area contributed by atoms with Crippen LogP contribution in [0.1, 0.15) is 38.8 Å². The van der Waals surface area contributed by atoms with E-state index >= 15 is 0 Å². The number of hydrogen-bond donors (Lipinski definition) is 1. The Morgan fingerprint density at radius 2 is 1.97 bits per heavy atom. The first kappa shape index (κ1) is 23.5. The van der Waals surface area contributed by atoms with Crippen LogP contribution in [0.4, 0.5) is 23.4 Å². The fourth-order valence-electron chi connectivity index (χ4n) is 4.24. The number of nitrogen functional groups attached to an aromatic ring is 1. The third-order valence-corrected chi connectivity index (χ3v) is 6.18. The molecule has 36 heavy (non-hydrogen) atoms. The highest BCUT2D eigenvalue weighted by molar-refractivity contribution is 5.98. The highest BCUT2D eigenvalue weighted by Gasteiger charge is 2.37. The van der Waals surface area contributed by atoms with Crippen LogP contribution in [0.15, 0.2) is 60.8 Å². The van der Waals surface area contributed by atoms with E-state index in [-0.39, 0.29) is 24.6 Å². The Bertz CT molecular complexity index is 1490. The van der Waals surface area contributed by atoms with Crippen molar-refractivity contribution in [2.24, 2.45) is 0 Å². The molecule has 1 amide bonds. The number of alkyl halides is 3. The monoisotopic (exact) mass is 496 g/mol. The maximum atomic E-state index is 14.5. The molecule has 2 aromatic heterocycles. The SMILES string of the molecule is Cc1cc2cc(C(=O)N(Cc3ncccc3F)[C@@H]3COc4cc(C(F)(F)F)ccc43)ccc2nc1N. The molecule has 1 aliphatic rings. The van der Waals surface area contributed by atoms with Crippen LogP contribution >= 0.6 is 0 Å². The highest BCUT2D eigenvalue weighted by atomic mass is 19.4. The van der Waals surface area contributed by atoms with Gasteiger partial charge in [-0.15, -0.1) is 0 Å². The van der Waals surface area contributed by atoms with Crippen molar-refractivity contribution in [2.45, 2.75) is 25.7 Å². The Labute approximate surface area is 203 Å². The standard InChI is InChI=1S/C26H20F4N4O2/c1-14-9-16-10-15(4-7-20(16)33-24(14)31)25(35)34(12-21-19(27)3-2-8-32-21)22-13-36-23-11-17(26(28,29)30)5-6-18(22)23/h2-11,22H,12-13H2,1H3,(H2,31,33)/t22-/m1/s1. The minimum atomic E-state index is -4.54. The van der Waals surface area contributed by atoms with Gasteiger partial charge in [-0.05, 0) is 61.0 Å². The number of carbonyl (C=O) groups is 1. The Morgan fingerprint density at radius 1 is 1.17 bits per heavy atom. The van der Waals surface area contributed by atoms with Crippen molar-refractivity contribution >= 4 is 22.6 Å². The van der Waals surface area contributed by atoms with Gasteiger partial charge in [-0.25, -0.2) is 9.37 Å². The van der Waals surface area contributed by atoms with Crippen molar-refractivity contribution in [3.05, 3.63) is 94.6 Å². The molecule has 0 spiro atoms. The summed E-state index contributed by atoms with van der Waals surface area (Å²) in [6, 6.07) is 11.8. The zero-order valence-corrected chi connectivity index (χ0v) is 19.0. The van der Waals surface area contributed by atoms with Gasteiger partial charge in [0.05, 0.1) is 29.4 Å². The maximum Gasteiger partial charge on any atom is 0.416 e. The normalized spacial score (nSPS) is 15.0. The third kappa shape index (κ3) is 4.30. The topological polar surface area (TPSA) is 81.3 Å². The quantitative estimate of drug-likeness (QED) is 0.380. The molecule has 0 aliphatic carbocycles. The van der Waals surface area contributed by atoms with Crippen LogP contribution in [0.3, 0.4) is 0 Å². The van der Waals surface area contributed by atoms with Crippen LogP contribution < -0.4 is 10.5 Å². The van der Waals surface area contributed by atoms with Gasteiger partial charge in [-0.1, -0.05) is 6.07 Å². The molecule has 3 heterocycles. The molecule has 0 bridgehead atoms. The summed E-state index contributed by atoms with van der Waals surface area (Å²) in [5.74, 6) is -0.650. The van der Waals surface area contributed by atoms with Crippen LogP contribution in [0.25, 0.3) is 10.9 Å². The lowest BCUT2D eigenvalue weighted by molar-refractivity contribution is -0.137. The molecule has 6 nitrogen and oxygen atoms in total. The van der Waals surface area contributed by atoms with Gasteiger partial charge >= 0.3 is 6.18 Å². The Kier molecular flexibility index (Phi) is 5.74. The van der Waals surface area contributed by atoms with Crippen LogP contribution in [-0.4, -0.2) is 27.4 Å². The summed E-state index contributed by atoms with van der Waals surface area (Å²) >= 11 is 0. The molecular weight excluding hydrogens is 476 g/mol. The number of aryl methyl sites for hydroxylation is 1. The summed E-state index contributed by atoms with van der Waals surface area (Å²) in [5.41, 5.74) is 7.10. The molecule has 0 saturated heterocycles. The maximum absolute atomic E-state index is 14.5. The van der Waals surface area contributed by atoms with Crippen molar-refractivity contribution in [1.82, 2.24) is 14.9 Å². The number of carbonyl (C=O) groups excluding carboxylic acids is 1. The van der Waals surface area contributed by atoms with E-state index in [1.54, 1.807) is 25.1 Å². The Balaban J connectivity index is 1.56. The number of hydrogen-bond acceptors (Lipinski definition) is 5. The molecule has 4 aromatic rings. The van der Waals surface area contributed by atoms with Crippen LogP contribution in [-0.2, 0) is 12.7 Å². The van der Waals surface area contributed by atoms with E-state index in [2.05, 4.69) is 9.97 Å². The predicted molar refractivity (Wildman–Crippen MR) is 125 cm³/mol. The number of anilines is 1. The second-order valence-electron chi connectivity index (χ2n) is 8.54. The van der Waals surface area contributed by atoms with E-state index in [1.165, 1.54) is 29.3 Å². The Hall–Kier alpha value is -4.21. The van der Waals surface area contributed by atoms with Crippen LogP contribution in [0.2, 0.25) is 0 Å². The lowest BCUT2D eigenvalue weighted by atomic mass is 10.0. The van der Waals surface area contributed by atoms with Crippen molar-refractivity contribution < 1.29 is 27.1 Å². The summed E-state index contributed by atoms with van der Waals surface area (Å²) in [6.45, 7) is 1.51. The van der Waals surface area contributed by atoms with Crippen molar-refractivity contribution in [3.8, 4) is 5.75 Å². The number of pyridine rings is 2. The molecule has 2 aromatic carbocycles. The lowest BCUT2D eigenvalue weighted by Gasteiger charge is -2.28. The first-order chi connectivity index (χ1) is 17.1. The van der Waals surface area contributed by atoms with Gasteiger partial charge < -0.3 is 15.4 Å². The van der Waals surface area contributed by atoms with Gasteiger partial charge in [-0.3, -0.25) is 9.78 Å². The number of nitrogens with two attached hydrogens (primary N) is 1. The smallest absolute Gasteiger partial charge is 0.416 e. The van der Waals surface area contributed by atoms with E-state index in [0.717, 1.165) is 17.7 Å². The van der Waals surface area contributed by atoms with Gasteiger partial charge in [0.15, 0.2) is 0 Å². The molecule has 2 N–H and O–H groups in total. The second-order valence-corrected chi connectivity index (χ2v) is 8.54. The van der Waals surface area contributed by atoms with E-state index in [4.69, 9.17) is 10.5 Å². The summed E-state index contributed by atoms with van der Waals surface area (Å²) in [4.78, 5) is 23.5. The minimum absolute atomic E-state index is 0.0253. The van der Waals surface area contributed by atoms with Gasteiger partial charge in [0.25, 0.3) is 5.91 Å². The third-order valence-electron chi connectivity index (χ3n) is 6.18. The molecule has 5 rings (SSSR count). The zero-order chi connectivity index (χ0) is 25.6. The Morgan fingerprint density at radius 3 is 2.72 bits per heavy atom. The first-order valence-electron chi connectivity index (χ1n) is 11.0. The molecule has 0 radical (unpaired) electrons. The van der Waals surface area contributed by atoms with Crippen molar-refractivity contribution in [2.75, 3.05) is 12.3 Å². The average Bonchev–Trinajstić information content (AvgIpc) is 3.26. The van der Waals surface area contributed by atoms with Crippen molar-refractivity contribution in [3.63, 3.8) is 0 Å². The van der Waals surface area contributed by atoms with Gasteiger partial charge in [-0.2, -0.15) is 13.2 Å². The fourth-order valence-corrected chi connectivity index (χ4v) is 4.24. The fraction of sp³-hybridized carbons (Fsp3) is 0.192. The number of nitrogens with zero attached hydrogens (tertiary/aromatic N) is 3. The second kappa shape index (κ2) is 8.78. The molecule has 0 saturated carbocycles. The number of rotatable bonds is 4. The molecule has 10 heteroatoms. The van der Waals surface area contributed by atoms with E-state index in [1.807, 2.05) is 6.07 Å². The number of fused-ring (bicyclic) bond motifs is 2. The van der Waals surface area contributed by atoms with Crippen LogP contribution in [0.5, 0.6) is 5.75 Å². The van der Waals surface area contributed by atoms with E-state index in [0.29, 0.717) is 27.8 Å². The number of amides is 1. The van der Waals surface area contributed by atoms with Gasteiger partial charge in [0.1, 0.15) is 24.0 Å². The summed E-state index contributed by atoms with van der Waals surface area (Å²) < 4.78 is 59.6. The summed E-state index contributed by atoms with van der Waals surface area (Å²) in [7, 11) is 0. The first-order valence-corrected chi connectivity index (χ1v) is 11.0. The van der Waals surface area contributed by atoms with Gasteiger partial charge in [0.2, 0.25) is 0 Å². The predicted octanol–water partition coefficient (Wildman–Crippen LogP) is 5.45. The van der Waals surface area contributed by atoms with Crippen LogP contribution in [0, 0.1) is 12.7 Å². The molecule has 1 aliphatic heterocycles. The molecule has 0 unspecified atom stereocenters. The van der Waals surface area contributed by atoms with Gasteiger partial charge in [0, 0.05) is 22.7 Å². The largest absolute Gasteiger partial charge is 0.491 e. The lowest BCUT2D eigenvalue weighted by Crippen LogP contribution is -2.36. The number of ether oxygens (including phenoxy) is 1. The summed E-state index contributed by atoms with van der Waals surface area (Å²) in [6.07, 6.45) is -3.13.